The average Bonchev–Trinajstić information content (AvgIpc) is 3.05. The molecule has 0 fully saturated rings. The third-order valence-corrected chi connectivity index (χ3v) is 5.49. The number of hydrogen-bond donors (Lipinski definition) is 0. The van der Waals surface area contributed by atoms with Gasteiger partial charge in [-0.05, 0) is 25.1 Å². The molecule has 0 aliphatic heterocycles. The number of benzene rings is 2. The first-order chi connectivity index (χ1) is 12.7. The molecule has 0 atom stereocenters. The first kappa shape index (κ1) is 16.5. The number of aromatic nitrogens is 2. The molecular weight excluding hydrogens is 346 g/mol. The zero-order valence-electron chi connectivity index (χ0n) is 14.3. The normalized spacial score (nSPS) is 11.1. The number of thiophene rings is 1. The van der Waals surface area contributed by atoms with Gasteiger partial charge in [0.2, 0.25) is 5.91 Å². The number of amides is 1. The number of para-hydroxylation sites is 1. The summed E-state index contributed by atoms with van der Waals surface area (Å²) in [4.78, 5) is 31.7. The number of rotatable bonds is 4. The van der Waals surface area contributed by atoms with Gasteiger partial charge in [0.25, 0.3) is 5.56 Å². The van der Waals surface area contributed by atoms with Crippen LogP contribution in [0.2, 0.25) is 0 Å². The Hall–Kier alpha value is -2.99. The van der Waals surface area contributed by atoms with Crippen molar-refractivity contribution < 1.29 is 4.79 Å². The van der Waals surface area contributed by atoms with E-state index in [1.807, 2.05) is 61.5 Å². The van der Waals surface area contributed by atoms with Gasteiger partial charge >= 0.3 is 0 Å². The molecule has 130 valence electrons. The quantitative estimate of drug-likeness (QED) is 0.556. The summed E-state index contributed by atoms with van der Waals surface area (Å²) in [5.74, 6) is -0.136. The molecule has 26 heavy (non-hydrogen) atoms. The number of carbonyl (C=O) groups is 1. The van der Waals surface area contributed by atoms with Gasteiger partial charge in [0.05, 0.1) is 11.8 Å². The maximum absolute atomic E-state index is 12.8. The summed E-state index contributed by atoms with van der Waals surface area (Å²) in [5, 5.41) is 0.975. The van der Waals surface area contributed by atoms with E-state index in [0.29, 0.717) is 16.8 Å². The fourth-order valence-electron chi connectivity index (χ4n) is 3.07. The molecule has 0 spiro atoms. The third kappa shape index (κ3) is 2.78. The highest BCUT2D eigenvalue weighted by Gasteiger charge is 2.17. The number of anilines is 1. The maximum Gasteiger partial charge on any atom is 0.271 e. The van der Waals surface area contributed by atoms with Crippen LogP contribution in [-0.4, -0.2) is 22.0 Å². The Labute approximate surface area is 154 Å². The summed E-state index contributed by atoms with van der Waals surface area (Å²) < 4.78 is 3.01. The topological polar surface area (TPSA) is 55.2 Å². The van der Waals surface area contributed by atoms with Gasteiger partial charge in [0.1, 0.15) is 11.2 Å². The lowest BCUT2D eigenvalue weighted by Gasteiger charge is -2.21. The first-order valence-corrected chi connectivity index (χ1v) is 9.22. The zero-order chi connectivity index (χ0) is 18.1. The summed E-state index contributed by atoms with van der Waals surface area (Å²) in [6.07, 6.45) is 1.47. The third-order valence-electron chi connectivity index (χ3n) is 4.34. The van der Waals surface area contributed by atoms with E-state index < -0.39 is 0 Å². The predicted octanol–water partition coefficient (Wildman–Crippen LogP) is 3.66. The number of carbonyl (C=O) groups excluding carboxylic acids is 1. The molecule has 0 aliphatic rings. The average molecular weight is 363 g/mol. The Morgan fingerprint density at radius 2 is 1.85 bits per heavy atom. The van der Waals surface area contributed by atoms with Crippen molar-refractivity contribution >= 4 is 43.2 Å². The zero-order valence-corrected chi connectivity index (χ0v) is 15.1. The predicted molar refractivity (Wildman–Crippen MR) is 106 cm³/mol. The van der Waals surface area contributed by atoms with Crippen molar-refractivity contribution in [3.05, 3.63) is 71.3 Å². The molecule has 4 rings (SSSR count). The minimum atomic E-state index is -0.173. The molecule has 4 aromatic rings. The van der Waals surface area contributed by atoms with Gasteiger partial charge in [0.15, 0.2) is 0 Å². The highest BCUT2D eigenvalue weighted by Crippen LogP contribution is 2.29. The Balaban J connectivity index is 1.71. The lowest BCUT2D eigenvalue weighted by molar-refractivity contribution is -0.119. The lowest BCUT2D eigenvalue weighted by atomic mass is 10.2. The molecule has 0 bridgehead atoms. The second-order valence-electron chi connectivity index (χ2n) is 5.93. The van der Waals surface area contributed by atoms with Gasteiger partial charge in [-0.25, -0.2) is 4.98 Å². The molecule has 0 saturated carbocycles. The van der Waals surface area contributed by atoms with Gasteiger partial charge in [0, 0.05) is 22.3 Å². The van der Waals surface area contributed by atoms with E-state index in [1.165, 1.54) is 22.2 Å². The highest BCUT2D eigenvalue weighted by atomic mass is 32.1. The van der Waals surface area contributed by atoms with Crippen LogP contribution in [-0.2, 0) is 11.3 Å². The summed E-state index contributed by atoms with van der Waals surface area (Å²) >= 11 is 1.42. The fraction of sp³-hybridized carbons (Fsp3) is 0.150. The van der Waals surface area contributed by atoms with Crippen LogP contribution in [0.3, 0.4) is 0 Å². The Kier molecular flexibility index (Phi) is 4.26. The first-order valence-electron chi connectivity index (χ1n) is 8.41. The van der Waals surface area contributed by atoms with Crippen molar-refractivity contribution in [3.8, 4) is 0 Å². The summed E-state index contributed by atoms with van der Waals surface area (Å²) in [6.45, 7) is 2.43. The maximum atomic E-state index is 12.8. The fourth-order valence-corrected chi connectivity index (χ4v) is 4.17. The lowest BCUT2D eigenvalue weighted by Crippen LogP contribution is -2.36. The van der Waals surface area contributed by atoms with E-state index in [-0.39, 0.29) is 18.0 Å². The van der Waals surface area contributed by atoms with Crippen LogP contribution >= 0.6 is 11.3 Å². The summed E-state index contributed by atoms with van der Waals surface area (Å²) in [7, 11) is 0. The second kappa shape index (κ2) is 6.72. The van der Waals surface area contributed by atoms with E-state index in [0.717, 1.165) is 15.8 Å². The van der Waals surface area contributed by atoms with E-state index >= 15 is 0 Å². The smallest absolute Gasteiger partial charge is 0.271 e. The molecule has 2 heterocycles. The molecule has 2 aromatic carbocycles. The number of likely N-dealkylation sites (N-methyl/N-ethyl adjacent to an activating group) is 1. The van der Waals surface area contributed by atoms with Crippen molar-refractivity contribution in [1.82, 2.24) is 9.55 Å². The van der Waals surface area contributed by atoms with Crippen molar-refractivity contribution in [2.75, 3.05) is 11.4 Å². The van der Waals surface area contributed by atoms with Crippen LogP contribution in [0.1, 0.15) is 6.92 Å². The molecular formula is C20H17N3O2S. The van der Waals surface area contributed by atoms with Crippen LogP contribution in [0.15, 0.2) is 65.7 Å². The van der Waals surface area contributed by atoms with Crippen molar-refractivity contribution in [2.24, 2.45) is 0 Å². The van der Waals surface area contributed by atoms with Crippen LogP contribution in [0, 0.1) is 0 Å². The van der Waals surface area contributed by atoms with Crippen LogP contribution < -0.4 is 10.5 Å². The monoisotopic (exact) mass is 363 g/mol. The largest absolute Gasteiger partial charge is 0.311 e. The Morgan fingerprint density at radius 1 is 1.12 bits per heavy atom. The molecule has 6 heteroatoms. The molecule has 0 saturated heterocycles. The molecule has 5 nitrogen and oxygen atoms in total. The van der Waals surface area contributed by atoms with Crippen molar-refractivity contribution in [3.63, 3.8) is 0 Å². The van der Waals surface area contributed by atoms with Gasteiger partial charge in [-0.1, -0.05) is 36.4 Å². The molecule has 0 N–H and O–H groups in total. The van der Waals surface area contributed by atoms with E-state index in [9.17, 15) is 9.59 Å². The van der Waals surface area contributed by atoms with Gasteiger partial charge < -0.3 is 4.90 Å². The Bertz CT molecular complexity index is 1150. The molecule has 0 unspecified atom stereocenters. The van der Waals surface area contributed by atoms with Gasteiger partial charge in [-0.3, -0.25) is 14.2 Å². The highest BCUT2D eigenvalue weighted by molar-refractivity contribution is 7.25. The van der Waals surface area contributed by atoms with E-state index in [2.05, 4.69) is 4.98 Å². The van der Waals surface area contributed by atoms with E-state index in [4.69, 9.17) is 0 Å². The molecule has 2 aromatic heterocycles. The van der Waals surface area contributed by atoms with Gasteiger partial charge in [-0.2, -0.15) is 0 Å². The molecule has 0 aliphatic carbocycles. The van der Waals surface area contributed by atoms with Crippen LogP contribution in [0.5, 0.6) is 0 Å². The molecule has 1 amide bonds. The number of nitrogens with zero attached hydrogens (tertiary/aromatic N) is 3. The standard InChI is InChI=1S/C20H17N3O2S/c1-2-23(14-8-4-3-5-9-14)17(24)12-22-13-21-18-15-10-6-7-11-16(15)26-19(18)20(22)25/h3-11,13H,2,12H2,1H3. The number of fused-ring (bicyclic) bond motifs is 3. The number of hydrogen-bond acceptors (Lipinski definition) is 4. The van der Waals surface area contributed by atoms with Crippen LogP contribution in [0.4, 0.5) is 5.69 Å². The molecule has 0 radical (unpaired) electrons. The Morgan fingerprint density at radius 3 is 2.62 bits per heavy atom. The minimum Gasteiger partial charge on any atom is -0.311 e. The van der Waals surface area contributed by atoms with Gasteiger partial charge in [-0.15, -0.1) is 11.3 Å². The summed E-state index contributed by atoms with van der Waals surface area (Å²) in [5.41, 5.74) is 1.35. The van der Waals surface area contributed by atoms with Crippen molar-refractivity contribution in [1.29, 1.82) is 0 Å². The minimum absolute atomic E-state index is 0.0290. The SMILES string of the molecule is CCN(C(=O)Cn1cnc2c(sc3ccccc32)c1=O)c1ccccc1. The van der Waals surface area contributed by atoms with E-state index in [1.54, 1.807) is 4.90 Å². The summed E-state index contributed by atoms with van der Waals surface area (Å²) in [6, 6.07) is 17.3. The second-order valence-corrected chi connectivity index (χ2v) is 6.98. The van der Waals surface area contributed by atoms with Crippen molar-refractivity contribution in [2.45, 2.75) is 13.5 Å². The van der Waals surface area contributed by atoms with Crippen LogP contribution in [0.25, 0.3) is 20.3 Å².